The lowest BCUT2D eigenvalue weighted by atomic mass is 10.1. The van der Waals surface area contributed by atoms with Crippen LogP contribution in [0, 0.1) is 0 Å². The highest BCUT2D eigenvalue weighted by molar-refractivity contribution is 7.26. The topological polar surface area (TPSA) is 88.2 Å². The van der Waals surface area contributed by atoms with E-state index in [2.05, 4.69) is 15.6 Å². The molecule has 8 heteroatoms. The monoisotopic (exact) mass is 405 g/mol. The van der Waals surface area contributed by atoms with E-state index in [-0.39, 0.29) is 11.5 Å². The second-order valence-electron chi connectivity index (χ2n) is 6.15. The third-order valence-electron chi connectivity index (χ3n) is 4.33. The van der Waals surface area contributed by atoms with Crippen LogP contribution in [0.3, 0.4) is 0 Å². The number of hydrogen-bond donors (Lipinski definition) is 2. The van der Waals surface area contributed by atoms with Crippen LogP contribution in [0.4, 0.5) is 5.69 Å². The number of fused-ring (bicyclic) bond motifs is 2. The Balaban J connectivity index is 1.39. The molecule has 0 radical (unpaired) electrons. The number of aromatic nitrogens is 1. The molecule has 0 fully saturated rings. The highest BCUT2D eigenvalue weighted by Gasteiger charge is 2.27. The highest BCUT2D eigenvalue weighted by Crippen LogP contribution is 2.34. The van der Waals surface area contributed by atoms with Crippen LogP contribution in [0.5, 0.6) is 0 Å². The van der Waals surface area contributed by atoms with Crippen LogP contribution in [-0.2, 0) is 0 Å². The SMILES string of the molecule is O=C(Nc1ccc2c(c1)C(=O)NC2=O)c1ccc(-c2nc3ccccc3s2)s1. The second kappa shape index (κ2) is 6.36. The number of imide groups is 1. The maximum Gasteiger partial charge on any atom is 0.265 e. The maximum atomic E-state index is 12.6. The Morgan fingerprint density at radius 3 is 2.61 bits per heavy atom. The predicted octanol–water partition coefficient (Wildman–Crippen LogP) is 4.16. The molecule has 0 bridgehead atoms. The second-order valence-corrected chi connectivity index (χ2v) is 8.26. The number of nitrogens with one attached hydrogen (secondary N) is 2. The largest absolute Gasteiger partial charge is 0.321 e. The van der Waals surface area contributed by atoms with Crippen LogP contribution in [0.1, 0.15) is 30.4 Å². The minimum Gasteiger partial charge on any atom is -0.321 e. The number of carbonyl (C=O) groups is 3. The molecule has 136 valence electrons. The zero-order chi connectivity index (χ0) is 19.3. The van der Waals surface area contributed by atoms with Crippen molar-refractivity contribution in [2.45, 2.75) is 0 Å². The van der Waals surface area contributed by atoms with Gasteiger partial charge in [0.2, 0.25) is 0 Å². The fourth-order valence-corrected chi connectivity index (χ4v) is 4.91. The summed E-state index contributed by atoms with van der Waals surface area (Å²) in [6, 6.07) is 16.2. The molecule has 6 nitrogen and oxygen atoms in total. The molecule has 1 aliphatic rings. The summed E-state index contributed by atoms with van der Waals surface area (Å²) in [5, 5.41) is 5.88. The summed E-state index contributed by atoms with van der Waals surface area (Å²) in [6.45, 7) is 0. The van der Waals surface area contributed by atoms with Gasteiger partial charge in [0.25, 0.3) is 17.7 Å². The van der Waals surface area contributed by atoms with E-state index in [0.717, 1.165) is 20.1 Å². The minimum absolute atomic E-state index is 0.268. The van der Waals surface area contributed by atoms with E-state index >= 15 is 0 Å². The summed E-state index contributed by atoms with van der Waals surface area (Å²) in [5.74, 6) is -1.15. The smallest absolute Gasteiger partial charge is 0.265 e. The number of nitrogens with zero attached hydrogens (tertiary/aromatic N) is 1. The van der Waals surface area contributed by atoms with Gasteiger partial charge in [-0.25, -0.2) is 4.98 Å². The van der Waals surface area contributed by atoms with E-state index in [9.17, 15) is 14.4 Å². The lowest BCUT2D eigenvalue weighted by Crippen LogP contribution is -2.19. The van der Waals surface area contributed by atoms with Gasteiger partial charge >= 0.3 is 0 Å². The van der Waals surface area contributed by atoms with E-state index in [4.69, 9.17) is 0 Å². The van der Waals surface area contributed by atoms with Crippen molar-refractivity contribution in [3.63, 3.8) is 0 Å². The number of rotatable bonds is 3. The van der Waals surface area contributed by atoms with E-state index in [1.807, 2.05) is 30.3 Å². The minimum atomic E-state index is -0.453. The lowest BCUT2D eigenvalue weighted by Gasteiger charge is -2.04. The molecule has 0 saturated carbocycles. The van der Waals surface area contributed by atoms with Crippen LogP contribution in [-0.4, -0.2) is 22.7 Å². The van der Waals surface area contributed by atoms with Gasteiger partial charge in [0.05, 0.1) is 31.1 Å². The standard InChI is InChI=1S/C20H11N3O3S2/c24-17-11-6-5-10(9-12(11)18(25)23-17)21-19(26)15-7-8-16(27-15)20-22-13-3-1-2-4-14(13)28-20/h1-9H,(H,21,26)(H,23,24,25). The van der Waals surface area contributed by atoms with E-state index in [1.54, 1.807) is 23.5 Å². The van der Waals surface area contributed by atoms with Gasteiger partial charge in [-0.05, 0) is 42.5 Å². The molecule has 0 unspecified atom stereocenters. The molecule has 0 spiro atoms. The molecule has 28 heavy (non-hydrogen) atoms. The van der Waals surface area contributed by atoms with Crippen LogP contribution in [0.2, 0.25) is 0 Å². The van der Waals surface area contributed by atoms with E-state index in [1.165, 1.54) is 23.5 Å². The predicted molar refractivity (Wildman–Crippen MR) is 109 cm³/mol. The van der Waals surface area contributed by atoms with Crippen molar-refractivity contribution in [3.05, 3.63) is 70.6 Å². The molecule has 2 N–H and O–H groups in total. The number of para-hydroxylation sites is 1. The average molecular weight is 405 g/mol. The number of anilines is 1. The van der Waals surface area contributed by atoms with Gasteiger partial charge in [-0.2, -0.15) is 0 Å². The zero-order valence-corrected chi connectivity index (χ0v) is 15.8. The summed E-state index contributed by atoms with van der Waals surface area (Å²) >= 11 is 2.94. The van der Waals surface area contributed by atoms with Crippen molar-refractivity contribution in [2.24, 2.45) is 0 Å². The summed E-state index contributed by atoms with van der Waals surface area (Å²) in [5.41, 5.74) is 1.98. The third kappa shape index (κ3) is 2.79. The van der Waals surface area contributed by atoms with Gasteiger partial charge in [0, 0.05) is 5.69 Å². The Labute approximate surface area is 166 Å². The van der Waals surface area contributed by atoms with Crippen molar-refractivity contribution in [1.29, 1.82) is 0 Å². The van der Waals surface area contributed by atoms with Gasteiger partial charge in [-0.3, -0.25) is 19.7 Å². The van der Waals surface area contributed by atoms with Crippen molar-refractivity contribution < 1.29 is 14.4 Å². The van der Waals surface area contributed by atoms with Gasteiger partial charge < -0.3 is 5.32 Å². The molecule has 0 atom stereocenters. The molecule has 1 aliphatic heterocycles. The summed E-state index contributed by atoms with van der Waals surface area (Å²) in [4.78, 5) is 42.0. The Hall–Kier alpha value is -3.36. The molecule has 3 heterocycles. The fraction of sp³-hybridized carbons (Fsp3) is 0. The number of thiophene rings is 1. The number of thiazole rings is 1. The molecule has 4 aromatic rings. The highest BCUT2D eigenvalue weighted by atomic mass is 32.1. The first-order chi connectivity index (χ1) is 13.6. The molecule has 0 saturated heterocycles. The maximum absolute atomic E-state index is 12.6. The number of hydrogen-bond acceptors (Lipinski definition) is 6. The normalized spacial score (nSPS) is 12.9. The Morgan fingerprint density at radius 2 is 1.75 bits per heavy atom. The Kier molecular flexibility index (Phi) is 3.81. The average Bonchev–Trinajstić information content (AvgIpc) is 3.39. The van der Waals surface area contributed by atoms with Gasteiger partial charge in [-0.15, -0.1) is 22.7 Å². The molecule has 5 rings (SSSR count). The van der Waals surface area contributed by atoms with Crippen LogP contribution < -0.4 is 10.6 Å². The zero-order valence-electron chi connectivity index (χ0n) is 14.2. The summed E-state index contributed by atoms with van der Waals surface area (Å²) in [7, 11) is 0. The van der Waals surface area contributed by atoms with Gasteiger partial charge in [-0.1, -0.05) is 12.1 Å². The number of amides is 3. The molecular weight excluding hydrogens is 394 g/mol. The number of carbonyl (C=O) groups excluding carboxylic acids is 3. The molecule has 0 aliphatic carbocycles. The third-order valence-corrected chi connectivity index (χ3v) is 6.62. The Bertz CT molecular complexity index is 1260. The molecular formula is C20H11N3O3S2. The van der Waals surface area contributed by atoms with E-state index in [0.29, 0.717) is 16.1 Å². The quantitative estimate of drug-likeness (QED) is 0.501. The van der Waals surface area contributed by atoms with Crippen LogP contribution >= 0.6 is 22.7 Å². The van der Waals surface area contributed by atoms with Crippen molar-refractivity contribution in [1.82, 2.24) is 10.3 Å². The molecule has 2 aromatic carbocycles. The number of benzene rings is 2. The van der Waals surface area contributed by atoms with Gasteiger partial charge in [0.1, 0.15) is 5.01 Å². The van der Waals surface area contributed by atoms with Gasteiger partial charge in [0.15, 0.2) is 0 Å². The van der Waals surface area contributed by atoms with Crippen molar-refractivity contribution in [2.75, 3.05) is 5.32 Å². The van der Waals surface area contributed by atoms with Crippen molar-refractivity contribution >= 4 is 56.3 Å². The fourth-order valence-electron chi connectivity index (χ4n) is 2.99. The Morgan fingerprint density at radius 1 is 0.929 bits per heavy atom. The molecule has 2 aromatic heterocycles. The molecule has 3 amide bonds. The van der Waals surface area contributed by atoms with Crippen molar-refractivity contribution in [3.8, 4) is 9.88 Å². The summed E-state index contributed by atoms with van der Waals surface area (Å²) < 4.78 is 1.10. The summed E-state index contributed by atoms with van der Waals surface area (Å²) in [6.07, 6.45) is 0. The first kappa shape index (κ1) is 16.8. The van der Waals surface area contributed by atoms with Crippen LogP contribution in [0.15, 0.2) is 54.6 Å². The van der Waals surface area contributed by atoms with E-state index < -0.39 is 11.8 Å². The van der Waals surface area contributed by atoms with Crippen LogP contribution in [0.25, 0.3) is 20.1 Å². The first-order valence-electron chi connectivity index (χ1n) is 8.35. The lowest BCUT2D eigenvalue weighted by molar-refractivity contribution is 0.0878. The first-order valence-corrected chi connectivity index (χ1v) is 9.99.